The van der Waals surface area contributed by atoms with Gasteiger partial charge in [-0.2, -0.15) is 0 Å². The van der Waals surface area contributed by atoms with Crippen LogP contribution in [0.3, 0.4) is 0 Å². The zero-order valence-corrected chi connectivity index (χ0v) is 16.4. The van der Waals surface area contributed by atoms with Crippen LogP contribution < -0.4 is 0 Å². The average molecular weight is 364 g/mol. The van der Waals surface area contributed by atoms with Gasteiger partial charge in [-0.05, 0) is 46.5 Å². The molecule has 0 bridgehead atoms. The van der Waals surface area contributed by atoms with E-state index < -0.39 is 5.60 Å². The van der Waals surface area contributed by atoms with Crippen molar-refractivity contribution in [3.05, 3.63) is 17.7 Å². The molecule has 6 nitrogen and oxygen atoms in total. The minimum atomic E-state index is -0.457. The number of aliphatic hydroxyl groups excluding tert-OH is 1. The SMILES string of the molecule is CC(C)(C)OC(=O)N1CCC(c2nc(C3CCCC3)cn2CCO)CC1. The lowest BCUT2D eigenvalue weighted by Gasteiger charge is -2.33. The Hall–Kier alpha value is -1.56. The molecule has 0 radical (unpaired) electrons. The third kappa shape index (κ3) is 4.58. The number of carbonyl (C=O) groups is 1. The second-order valence-electron chi connectivity index (χ2n) is 8.66. The number of aromatic nitrogens is 2. The van der Waals surface area contributed by atoms with Gasteiger partial charge in [-0.3, -0.25) is 0 Å². The van der Waals surface area contributed by atoms with Crippen LogP contribution in [0.5, 0.6) is 0 Å². The molecule has 0 unspecified atom stereocenters. The number of ether oxygens (including phenoxy) is 1. The summed E-state index contributed by atoms with van der Waals surface area (Å²) in [5.41, 5.74) is 0.738. The molecule has 1 aromatic heterocycles. The van der Waals surface area contributed by atoms with Crippen molar-refractivity contribution in [1.82, 2.24) is 14.5 Å². The number of amides is 1. The minimum absolute atomic E-state index is 0.129. The van der Waals surface area contributed by atoms with Crippen LogP contribution in [0.15, 0.2) is 6.20 Å². The zero-order chi connectivity index (χ0) is 18.7. The third-order valence-electron chi connectivity index (χ3n) is 5.45. The molecule has 2 heterocycles. The fraction of sp³-hybridized carbons (Fsp3) is 0.800. The summed E-state index contributed by atoms with van der Waals surface area (Å²) in [7, 11) is 0. The summed E-state index contributed by atoms with van der Waals surface area (Å²) in [6, 6.07) is 0. The van der Waals surface area contributed by atoms with Gasteiger partial charge in [-0.15, -0.1) is 0 Å². The van der Waals surface area contributed by atoms with Gasteiger partial charge >= 0.3 is 6.09 Å². The number of piperidine rings is 1. The number of nitrogens with zero attached hydrogens (tertiary/aromatic N) is 3. The molecule has 1 aliphatic heterocycles. The first kappa shape index (κ1) is 19.2. The van der Waals surface area contributed by atoms with E-state index in [1.807, 2.05) is 20.8 Å². The summed E-state index contributed by atoms with van der Waals surface area (Å²) in [6.07, 6.45) is 8.77. The van der Waals surface area contributed by atoms with E-state index in [0.717, 1.165) is 18.7 Å². The van der Waals surface area contributed by atoms with Crippen LogP contribution in [-0.2, 0) is 11.3 Å². The third-order valence-corrected chi connectivity index (χ3v) is 5.45. The highest BCUT2D eigenvalue weighted by Gasteiger charge is 2.30. The highest BCUT2D eigenvalue weighted by molar-refractivity contribution is 5.68. The number of aliphatic hydroxyl groups is 1. The molecule has 6 heteroatoms. The number of carbonyl (C=O) groups excluding carboxylic acids is 1. The minimum Gasteiger partial charge on any atom is -0.444 e. The Bertz CT molecular complexity index is 606. The molecule has 1 saturated heterocycles. The van der Waals surface area contributed by atoms with Gasteiger partial charge in [-0.1, -0.05) is 12.8 Å². The summed E-state index contributed by atoms with van der Waals surface area (Å²) >= 11 is 0. The standard InChI is InChI=1S/C20H33N3O3/c1-20(2,3)26-19(25)22-10-8-16(9-11-22)18-21-17(14-23(18)12-13-24)15-6-4-5-7-15/h14-16,24H,4-13H2,1-3H3. The average Bonchev–Trinajstić information content (AvgIpc) is 3.23. The maximum Gasteiger partial charge on any atom is 0.410 e. The Morgan fingerprint density at radius 2 is 1.85 bits per heavy atom. The highest BCUT2D eigenvalue weighted by atomic mass is 16.6. The topological polar surface area (TPSA) is 67.6 Å². The Kier molecular flexibility index (Phi) is 5.90. The summed E-state index contributed by atoms with van der Waals surface area (Å²) in [6.45, 7) is 7.82. The van der Waals surface area contributed by atoms with Gasteiger partial charge in [0.15, 0.2) is 0 Å². The van der Waals surface area contributed by atoms with Crippen LogP contribution in [0.4, 0.5) is 4.79 Å². The lowest BCUT2D eigenvalue weighted by molar-refractivity contribution is 0.0202. The van der Waals surface area contributed by atoms with Crippen molar-refractivity contribution in [3.63, 3.8) is 0 Å². The van der Waals surface area contributed by atoms with Gasteiger partial charge in [0.1, 0.15) is 11.4 Å². The molecule has 0 atom stereocenters. The van der Waals surface area contributed by atoms with Crippen molar-refractivity contribution in [2.24, 2.45) is 0 Å². The second-order valence-corrected chi connectivity index (χ2v) is 8.66. The van der Waals surface area contributed by atoms with Gasteiger partial charge in [0.05, 0.1) is 12.3 Å². The van der Waals surface area contributed by atoms with Gasteiger partial charge in [0.2, 0.25) is 0 Å². The maximum atomic E-state index is 12.3. The number of hydrogen-bond acceptors (Lipinski definition) is 4. The monoisotopic (exact) mass is 363 g/mol. The van der Waals surface area contributed by atoms with Crippen LogP contribution in [0, 0.1) is 0 Å². The lowest BCUT2D eigenvalue weighted by atomic mass is 9.96. The summed E-state index contributed by atoms with van der Waals surface area (Å²) < 4.78 is 7.63. The molecule has 2 fully saturated rings. The molecule has 0 spiro atoms. The van der Waals surface area contributed by atoms with Crippen LogP contribution in [0.2, 0.25) is 0 Å². The van der Waals surface area contributed by atoms with E-state index in [2.05, 4.69) is 10.8 Å². The van der Waals surface area contributed by atoms with E-state index in [-0.39, 0.29) is 12.7 Å². The van der Waals surface area contributed by atoms with Crippen molar-refractivity contribution < 1.29 is 14.6 Å². The summed E-state index contributed by atoms with van der Waals surface area (Å²) in [5.74, 6) is 2.01. The van der Waals surface area contributed by atoms with E-state index in [0.29, 0.717) is 31.5 Å². The van der Waals surface area contributed by atoms with Crippen LogP contribution >= 0.6 is 0 Å². The molecule has 1 amide bonds. The van der Waals surface area contributed by atoms with Crippen LogP contribution in [-0.4, -0.2) is 50.9 Å². The Morgan fingerprint density at radius 3 is 2.42 bits per heavy atom. The van der Waals surface area contributed by atoms with Gasteiger partial charge in [-0.25, -0.2) is 9.78 Å². The molecular formula is C20H33N3O3. The first-order valence-corrected chi connectivity index (χ1v) is 10.0. The highest BCUT2D eigenvalue weighted by Crippen LogP contribution is 2.36. The van der Waals surface area contributed by atoms with Gasteiger partial charge in [0.25, 0.3) is 0 Å². The Morgan fingerprint density at radius 1 is 1.19 bits per heavy atom. The predicted octanol–water partition coefficient (Wildman–Crippen LogP) is 3.65. The van der Waals surface area contributed by atoms with E-state index in [1.54, 1.807) is 4.90 Å². The van der Waals surface area contributed by atoms with Crippen LogP contribution in [0.1, 0.15) is 82.7 Å². The molecule has 26 heavy (non-hydrogen) atoms. The molecule has 1 N–H and O–H groups in total. The van der Waals surface area contributed by atoms with Crippen LogP contribution in [0.25, 0.3) is 0 Å². The molecule has 0 aromatic carbocycles. The maximum absolute atomic E-state index is 12.3. The number of rotatable bonds is 4. The number of imidazole rings is 1. The fourth-order valence-corrected chi connectivity index (χ4v) is 4.13. The number of likely N-dealkylation sites (tertiary alicyclic amines) is 1. The number of hydrogen-bond donors (Lipinski definition) is 1. The molecule has 3 rings (SSSR count). The lowest BCUT2D eigenvalue weighted by Crippen LogP contribution is -2.41. The first-order valence-electron chi connectivity index (χ1n) is 10.0. The smallest absolute Gasteiger partial charge is 0.410 e. The van der Waals surface area contributed by atoms with Crippen molar-refractivity contribution >= 4 is 6.09 Å². The van der Waals surface area contributed by atoms with E-state index in [9.17, 15) is 9.90 Å². The molecule has 1 saturated carbocycles. The Balaban J connectivity index is 1.65. The van der Waals surface area contributed by atoms with E-state index in [4.69, 9.17) is 9.72 Å². The summed E-state index contributed by atoms with van der Waals surface area (Å²) in [4.78, 5) is 19.0. The largest absolute Gasteiger partial charge is 0.444 e. The summed E-state index contributed by atoms with van der Waals surface area (Å²) in [5, 5.41) is 9.42. The van der Waals surface area contributed by atoms with E-state index >= 15 is 0 Å². The quantitative estimate of drug-likeness (QED) is 0.887. The molecule has 146 valence electrons. The molecular weight excluding hydrogens is 330 g/mol. The molecule has 2 aliphatic rings. The first-order chi connectivity index (χ1) is 12.4. The van der Waals surface area contributed by atoms with E-state index in [1.165, 1.54) is 31.4 Å². The van der Waals surface area contributed by atoms with Crippen molar-refractivity contribution in [2.75, 3.05) is 19.7 Å². The predicted molar refractivity (Wildman–Crippen MR) is 100 cm³/mol. The second kappa shape index (κ2) is 7.99. The van der Waals surface area contributed by atoms with Crippen molar-refractivity contribution in [1.29, 1.82) is 0 Å². The van der Waals surface area contributed by atoms with Gasteiger partial charge < -0.3 is 19.3 Å². The fourth-order valence-electron chi connectivity index (χ4n) is 4.13. The Labute approximate surface area is 156 Å². The van der Waals surface area contributed by atoms with Crippen molar-refractivity contribution in [2.45, 2.75) is 83.3 Å². The van der Waals surface area contributed by atoms with Gasteiger partial charge in [0, 0.05) is 37.7 Å². The molecule has 1 aliphatic carbocycles. The molecule has 1 aromatic rings. The zero-order valence-electron chi connectivity index (χ0n) is 16.4. The normalized spacial score (nSPS) is 19.9. The van der Waals surface area contributed by atoms with Crippen molar-refractivity contribution in [3.8, 4) is 0 Å².